The van der Waals surface area contributed by atoms with E-state index >= 15 is 0 Å². The molecule has 3 aromatic carbocycles. The molecule has 0 aliphatic heterocycles. The maximum atomic E-state index is 12.2. The van der Waals surface area contributed by atoms with Gasteiger partial charge < -0.3 is 5.32 Å². The summed E-state index contributed by atoms with van der Waals surface area (Å²) in [5.41, 5.74) is 7.60. The molecule has 0 saturated carbocycles. The lowest BCUT2D eigenvalue weighted by Gasteiger charge is -2.09. The summed E-state index contributed by atoms with van der Waals surface area (Å²) in [6.07, 6.45) is 0.276. The normalized spacial score (nSPS) is 11.1. The number of carbonyl (C=O) groups is 2. The second-order valence-electron chi connectivity index (χ2n) is 7.26. The van der Waals surface area contributed by atoms with Crippen LogP contribution in [0.5, 0.6) is 0 Å². The predicted molar refractivity (Wildman–Crippen MR) is 126 cm³/mol. The monoisotopic (exact) mass is 433 g/mol. The van der Waals surface area contributed by atoms with Gasteiger partial charge in [-0.3, -0.25) is 9.59 Å². The second kappa shape index (κ2) is 10.5. The average molecular weight is 434 g/mol. The zero-order chi connectivity index (χ0) is 22.2. The van der Waals surface area contributed by atoms with Gasteiger partial charge in [-0.25, -0.2) is 5.43 Å². The number of amides is 2. The standard InChI is InChI=1S/C25H24ClN3O2/c1-17(15-24(30)27-23-10-6-9-22(26)18(23)2)28-29-25(31)16-19-11-13-21(14-12-19)20-7-4-3-5-8-20/h3-14H,15-16H2,1-2H3,(H,27,30)(H,29,31)/b28-17-. The quantitative estimate of drug-likeness (QED) is 0.388. The van der Waals surface area contributed by atoms with E-state index in [2.05, 4.69) is 15.8 Å². The minimum atomic E-state index is -0.238. The highest BCUT2D eigenvalue weighted by molar-refractivity contribution is 6.31. The third kappa shape index (κ3) is 6.52. The van der Waals surface area contributed by atoms with Crippen molar-refractivity contribution >= 4 is 34.8 Å². The summed E-state index contributed by atoms with van der Waals surface area (Å²) in [6.45, 7) is 3.53. The van der Waals surface area contributed by atoms with E-state index in [4.69, 9.17) is 11.6 Å². The number of rotatable bonds is 7. The molecule has 0 atom stereocenters. The van der Waals surface area contributed by atoms with Crippen LogP contribution in [0, 0.1) is 6.92 Å². The summed E-state index contributed by atoms with van der Waals surface area (Å²) in [7, 11) is 0. The van der Waals surface area contributed by atoms with Crippen LogP contribution in [0.25, 0.3) is 11.1 Å². The molecular weight excluding hydrogens is 410 g/mol. The van der Waals surface area contributed by atoms with Gasteiger partial charge in [-0.1, -0.05) is 72.3 Å². The van der Waals surface area contributed by atoms with Crippen LogP contribution in [0.1, 0.15) is 24.5 Å². The van der Waals surface area contributed by atoms with Gasteiger partial charge >= 0.3 is 0 Å². The zero-order valence-electron chi connectivity index (χ0n) is 17.5. The average Bonchev–Trinajstić information content (AvgIpc) is 2.77. The highest BCUT2D eigenvalue weighted by Gasteiger charge is 2.09. The summed E-state index contributed by atoms with van der Waals surface area (Å²) in [6, 6.07) is 23.2. The van der Waals surface area contributed by atoms with Crippen LogP contribution in [-0.4, -0.2) is 17.5 Å². The molecule has 0 aliphatic carbocycles. The molecule has 2 amide bonds. The van der Waals surface area contributed by atoms with Crippen LogP contribution in [0.2, 0.25) is 5.02 Å². The highest BCUT2D eigenvalue weighted by Crippen LogP contribution is 2.23. The van der Waals surface area contributed by atoms with Crippen molar-refractivity contribution < 1.29 is 9.59 Å². The van der Waals surface area contributed by atoms with Crippen molar-refractivity contribution in [3.63, 3.8) is 0 Å². The highest BCUT2D eigenvalue weighted by atomic mass is 35.5. The Kier molecular flexibility index (Phi) is 7.57. The first kappa shape index (κ1) is 22.2. The summed E-state index contributed by atoms with van der Waals surface area (Å²) >= 11 is 6.07. The van der Waals surface area contributed by atoms with Gasteiger partial charge in [-0.2, -0.15) is 5.10 Å². The molecule has 0 bridgehead atoms. The second-order valence-corrected chi connectivity index (χ2v) is 7.67. The van der Waals surface area contributed by atoms with E-state index in [1.807, 2.05) is 61.5 Å². The molecule has 5 nitrogen and oxygen atoms in total. The molecule has 3 aromatic rings. The summed E-state index contributed by atoms with van der Waals surface area (Å²) in [5, 5.41) is 7.44. The summed E-state index contributed by atoms with van der Waals surface area (Å²) in [5.74, 6) is -0.463. The number of anilines is 1. The van der Waals surface area contributed by atoms with Gasteiger partial charge in [0.1, 0.15) is 0 Å². The van der Waals surface area contributed by atoms with Gasteiger partial charge in [-0.15, -0.1) is 0 Å². The number of hydrogen-bond acceptors (Lipinski definition) is 3. The maximum absolute atomic E-state index is 12.2. The maximum Gasteiger partial charge on any atom is 0.244 e. The lowest BCUT2D eigenvalue weighted by Crippen LogP contribution is -2.23. The van der Waals surface area contributed by atoms with Crippen molar-refractivity contribution in [2.24, 2.45) is 5.10 Å². The van der Waals surface area contributed by atoms with Gasteiger partial charge in [0.15, 0.2) is 0 Å². The third-order valence-corrected chi connectivity index (χ3v) is 5.16. The lowest BCUT2D eigenvalue weighted by molar-refractivity contribution is -0.120. The molecule has 3 rings (SSSR count). The fourth-order valence-electron chi connectivity index (χ4n) is 3.04. The summed E-state index contributed by atoms with van der Waals surface area (Å²) in [4.78, 5) is 24.4. The minimum Gasteiger partial charge on any atom is -0.325 e. The first-order valence-electron chi connectivity index (χ1n) is 9.93. The molecule has 0 spiro atoms. The van der Waals surface area contributed by atoms with Crippen LogP contribution in [-0.2, 0) is 16.0 Å². The van der Waals surface area contributed by atoms with Crippen molar-refractivity contribution in [1.82, 2.24) is 5.43 Å². The van der Waals surface area contributed by atoms with Crippen LogP contribution in [0.3, 0.4) is 0 Å². The Balaban J connectivity index is 1.50. The number of nitrogens with one attached hydrogen (secondary N) is 2. The van der Waals surface area contributed by atoms with Crippen molar-refractivity contribution in [3.05, 3.63) is 88.9 Å². The molecule has 6 heteroatoms. The van der Waals surface area contributed by atoms with E-state index in [1.54, 1.807) is 25.1 Å². The minimum absolute atomic E-state index is 0.0675. The molecule has 0 fully saturated rings. The molecule has 0 radical (unpaired) electrons. The molecule has 0 aliphatic rings. The Morgan fingerprint density at radius 1 is 0.871 bits per heavy atom. The first-order chi connectivity index (χ1) is 14.9. The molecule has 2 N–H and O–H groups in total. The molecule has 0 saturated heterocycles. The van der Waals surface area contributed by atoms with Gasteiger partial charge in [0.25, 0.3) is 0 Å². The number of nitrogens with zero attached hydrogens (tertiary/aromatic N) is 1. The Morgan fingerprint density at radius 3 is 2.26 bits per heavy atom. The van der Waals surface area contributed by atoms with Crippen LogP contribution < -0.4 is 10.7 Å². The topological polar surface area (TPSA) is 70.6 Å². The number of hydrogen-bond donors (Lipinski definition) is 2. The number of hydrazone groups is 1. The lowest BCUT2D eigenvalue weighted by atomic mass is 10.0. The number of benzene rings is 3. The third-order valence-electron chi connectivity index (χ3n) is 4.76. The summed E-state index contributed by atoms with van der Waals surface area (Å²) < 4.78 is 0. The number of halogens is 1. The van der Waals surface area contributed by atoms with Crippen LogP contribution >= 0.6 is 11.6 Å². The Hall–Kier alpha value is -3.44. The van der Waals surface area contributed by atoms with Crippen molar-refractivity contribution in [3.8, 4) is 11.1 Å². The van der Waals surface area contributed by atoms with E-state index in [9.17, 15) is 9.59 Å². The predicted octanol–water partition coefficient (Wildman–Crippen LogP) is 5.38. The molecule has 0 aromatic heterocycles. The Labute approximate surface area is 187 Å². The van der Waals surface area contributed by atoms with Crippen LogP contribution in [0.4, 0.5) is 5.69 Å². The van der Waals surface area contributed by atoms with E-state index in [0.717, 1.165) is 22.3 Å². The van der Waals surface area contributed by atoms with E-state index in [0.29, 0.717) is 16.4 Å². The van der Waals surface area contributed by atoms with Crippen molar-refractivity contribution in [2.75, 3.05) is 5.32 Å². The van der Waals surface area contributed by atoms with Gasteiger partial charge in [0, 0.05) is 16.4 Å². The fraction of sp³-hybridized carbons (Fsp3) is 0.160. The van der Waals surface area contributed by atoms with Gasteiger partial charge in [0.2, 0.25) is 11.8 Å². The molecule has 31 heavy (non-hydrogen) atoms. The zero-order valence-corrected chi connectivity index (χ0v) is 18.2. The Bertz CT molecular complexity index is 1090. The van der Waals surface area contributed by atoms with Gasteiger partial charge in [-0.05, 0) is 48.2 Å². The molecule has 0 heterocycles. The largest absolute Gasteiger partial charge is 0.325 e. The molecular formula is C25H24ClN3O2. The van der Waals surface area contributed by atoms with Gasteiger partial charge in [0.05, 0.1) is 12.8 Å². The first-order valence-corrected chi connectivity index (χ1v) is 10.3. The molecule has 0 unspecified atom stereocenters. The van der Waals surface area contributed by atoms with E-state index in [-0.39, 0.29) is 24.7 Å². The SMILES string of the molecule is C/C(CC(=O)Nc1cccc(Cl)c1C)=N/NC(=O)Cc1ccc(-c2ccccc2)cc1. The number of carbonyl (C=O) groups excluding carboxylic acids is 2. The van der Waals surface area contributed by atoms with Crippen molar-refractivity contribution in [1.29, 1.82) is 0 Å². The smallest absolute Gasteiger partial charge is 0.244 e. The fourth-order valence-corrected chi connectivity index (χ4v) is 3.21. The van der Waals surface area contributed by atoms with Crippen molar-refractivity contribution in [2.45, 2.75) is 26.7 Å². The van der Waals surface area contributed by atoms with Crippen LogP contribution in [0.15, 0.2) is 77.9 Å². The molecule has 158 valence electrons. The Morgan fingerprint density at radius 2 is 1.55 bits per heavy atom. The van der Waals surface area contributed by atoms with E-state index < -0.39 is 0 Å². The van der Waals surface area contributed by atoms with E-state index in [1.165, 1.54) is 0 Å².